The van der Waals surface area contributed by atoms with E-state index in [9.17, 15) is 4.79 Å². The summed E-state index contributed by atoms with van der Waals surface area (Å²) in [7, 11) is 0. The minimum absolute atomic E-state index is 0.113. The third kappa shape index (κ3) is 2.11. The van der Waals surface area contributed by atoms with Gasteiger partial charge in [-0.1, -0.05) is 6.92 Å². The minimum atomic E-state index is 0.113. The van der Waals surface area contributed by atoms with Gasteiger partial charge in [0.1, 0.15) is 0 Å². The summed E-state index contributed by atoms with van der Waals surface area (Å²) >= 11 is 5.83. The Labute approximate surface area is 98.0 Å². The van der Waals surface area contributed by atoms with Gasteiger partial charge in [-0.15, -0.1) is 11.3 Å². The average Bonchev–Trinajstić information content (AvgIpc) is 2.70. The van der Waals surface area contributed by atoms with Crippen LogP contribution >= 0.6 is 24.0 Å². The molecule has 2 rings (SSSR count). The summed E-state index contributed by atoms with van der Waals surface area (Å²) in [6.45, 7) is 2.84. The molecule has 4 heteroatoms. The van der Waals surface area contributed by atoms with Gasteiger partial charge in [0.2, 0.25) is 0 Å². The summed E-state index contributed by atoms with van der Waals surface area (Å²) in [4.78, 5) is 12.0. The lowest BCUT2D eigenvalue weighted by atomic mass is 10.2. The molecule has 80 valence electrons. The van der Waals surface area contributed by atoms with Crippen molar-refractivity contribution < 1.29 is 0 Å². The highest BCUT2D eigenvalue weighted by atomic mass is 32.1. The molecule has 2 heterocycles. The third-order valence-electron chi connectivity index (χ3n) is 2.41. The Hall–Kier alpha value is -0.740. The summed E-state index contributed by atoms with van der Waals surface area (Å²) in [5, 5.41) is 2.78. The molecule has 0 amide bonds. The fourth-order valence-corrected chi connectivity index (χ4v) is 2.43. The van der Waals surface area contributed by atoms with Gasteiger partial charge in [0.25, 0.3) is 5.56 Å². The maximum Gasteiger partial charge on any atom is 0.259 e. The first-order chi connectivity index (χ1) is 7.22. The second-order valence-corrected chi connectivity index (χ2v) is 5.07. The lowest BCUT2D eigenvalue weighted by molar-refractivity contribution is 0.521. The Bertz CT molecular complexity index is 515. The van der Waals surface area contributed by atoms with Crippen LogP contribution < -0.4 is 5.56 Å². The van der Waals surface area contributed by atoms with Gasteiger partial charge in [0.15, 0.2) is 0 Å². The molecule has 1 atom stereocenters. The molecule has 0 aliphatic heterocycles. The van der Waals surface area contributed by atoms with Crippen molar-refractivity contribution in [3.05, 3.63) is 34.1 Å². The van der Waals surface area contributed by atoms with Gasteiger partial charge in [0, 0.05) is 17.4 Å². The van der Waals surface area contributed by atoms with Crippen molar-refractivity contribution in [3.63, 3.8) is 0 Å². The number of pyridine rings is 1. The van der Waals surface area contributed by atoms with Crippen molar-refractivity contribution in [2.75, 3.05) is 5.75 Å². The number of aromatic nitrogens is 1. The Morgan fingerprint density at radius 2 is 2.33 bits per heavy atom. The maximum absolute atomic E-state index is 12.0. The van der Waals surface area contributed by atoms with Gasteiger partial charge in [-0.25, -0.2) is 0 Å². The summed E-state index contributed by atoms with van der Waals surface area (Å²) in [5.74, 6) is 1.22. The molecule has 0 radical (unpaired) electrons. The predicted octanol–water partition coefficient (Wildman–Crippen LogP) is 2.63. The van der Waals surface area contributed by atoms with E-state index in [1.165, 1.54) is 0 Å². The van der Waals surface area contributed by atoms with E-state index in [-0.39, 0.29) is 5.56 Å². The van der Waals surface area contributed by atoms with E-state index >= 15 is 0 Å². The van der Waals surface area contributed by atoms with Crippen molar-refractivity contribution in [2.45, 2.75) is 13.5 Å². The second kappa shape index (κ2) is 4.41. The average molecular weight is 239 g/mol. The van der Waals surface area contributed by atoms with Crippen LogP contribution in [0, 0.1) is 5.92 Å². The Morgan fingerprint density at radius 1 is 1.53 bits per heavy atom. The number of thiol groups is 1. The van der Waals surface area contributed by atoms with E-state index < -0.39 is 0 Å². The first kappa shape index (κ1) is 10.8. The van der Waals surface area contributed by atoms with Crippen LogP contribution in [0.4, 0.5) is 0 Å². The van der Waals surface area contributed by atoms with Crippen LogP contribution in [0.2, 0.25) is 0 Å². The van der Waals surface area contributed by atoms with Crippen molar-refractivity contribution in [1.29, 1.82) is 0 Å². The number of nitrogens with zero attached hydrogens (tertiary/aromatic N) is 1. The fraction of sp³-hybridized carbons (Fsp3) is 0.364. The number of rotatable bonds is 3. The first-order valence-corrected chi connectivity index (χ1v) is 6.41. The van der Waals surface area contributed by atoms with E-state index in [0.717, 1.165) is 22.4 Å². The molecule has 15 heavy (non-hydrogen) atoms. The molecule has 2 nitrogen and oxygen atoms in total. The minimum Gasteiger partial charge on any atom is -0.315 e. The van der Waals surface area contributed by atoms with Crippen LogP contribution in [0.5, 0.6) is 0 Å². The molecule has 0 aliphatic carbocycles. The fourth-order valence-electron chi connectivity index (χ4n) is 1.54. The zero-order valence-corrected chi connectivity index (χ0v) is 10.2. The van der Waals surface area contributed by atoms with Crippen molar-refractivity contribution >= 4 is 34.1 Å². The molecule has 2 aromatic heterocycles. The van der Waals surface area contributed by atoms with Gasteiger partial charge >= 0.3 is 0 Å². The zero-order chi connectivity index (χ0) is 10.8. The molecule has 0 saturated carbocycles. The molecule has 2 aromatic rings. The van der Waals surface area contributed by atoms with Gasteiger partial charge in [0.05, 0.1) is 5.39 Å². The molecule has 1 unspecified atom stereocenters. The highest BCUT2D eigenvalue weighted by molar-refractivity contribution is 7.80. The molecule has 0 spiro atoms. The van der Waals surface area contributed by atoms with E-state index in [0.29, 0.717) is 5.92 Å². The monoisotopic (exact) mass is 239 g/mol. The molecular weight excluding hydrogens is 226 g/mol. The van der Waals surface area contributed by atoms with Crippen LogP contribution in [0.3, 0.4) is 0 Å². The molecule has 0 bridgehead atoms. The van der Waals surface area contributed by atoms with E-state index in [4.69, 9.17) is 0 Å². The van der Waals surface area contributed by atoms with Crippen molar-refractivity contribution in [1.82, 2.24) is 4.57 Å². The summed E-state index contributed by atoms with van der Waals surface area (Å²) in [6, 6.07) is 3.90. The van der Waals surface area contributed by atoms with Crippen LogP contribution in [-0.2, 0) is 6.54 Å². The van der Waals surface area contributed by atoms with Gasteiger partial charge in [-0.3, -0.25) is 4.79 Å². The quantitative estimate of drug-likeness (QED) is 0.817. The van der Waals surface area contributed by atoms with Gasteiger partial charge in [-0.05, 0) is 29.2 Å². The third-order valence-corrected chi connectivity index (χ3v) is 3.92. The summed E-state index contributed by atoms with van der Waals surface area (Å²) in [5.41, 5.74) is 0.113. The van der Waals surface area contributed by atoms with Crippen LogP contribution in [0.25, 0.3) is 10.1 Å². The van der Waals surface area contributed by atoms with Gasteiger partial charge in [-0.2, -0.15) is 12.6 Å². The molecular formula is C11H13NOS2. The van der Waals surface area contributed by atoms with Crippen molar-refractivity contribution in [2.24, 2.45) is 5.92 Å². The lowest BCUT2D eigenvalue weighted by Gasteiger charge is -2.10. The topological polar surface area (TPSA) is 22.0 Å². The van der Waals surface area contributed by atoms with Crippen LogP contribution in [-0.4, -0.2) is 10.3 Å². The maximum atomic E-state index is 12.0. The molecule has 0 fully saturated rings. The SMILES string of the molecule is CC(CS)Cn1ccc2sccc2c1=O. The van der Waals surface area contributed by atoms with Crippen LogP contribution in [0.15, 0.2) is 28.5 Å². The Balaban J connectivity index is 2.44. The standard InChI is InChI=1S/C11H13NOS2/c1-8(7-14)6-12-4-2-10-9(11(12)13)3-5-15-10/h2-5,8,14H,6-7H2,1H3. The largest absolute Gasteiger partial charge is 0.315 e. The highest BCUT2D eigenvalue weighted by Crippen LogP contribution is 2.16. The highest BCUT2D eigenvalue weighted by Gasteiger charge is 2.06. The Kier molecular flexibility index (Phi) is 3.17. The zero-order valence-electron chi connectivity index (χ0n) is 8.51. The summed E-state index contributed by atoms with van der Waals surface area (Å²) < 4.78 is 2.84. The molecule has 0 aromatic carbocycles. The van der Waals surface area contributed by atoms with Crippen molar-refractivity contribution in [3.8, 4) is 0 Å². The van der Waals surface area contributed by atoms with Crippen LogP contribution in [0.1, 0.15) is 6.92 Å². The number of thiophene rings is 1. The molecule has 0 aliphatic rings. The predicted molar refractivity (Wildman–Crippen MR) is 69.1 cm³/mol. The lowest BCUT2D eigenvalue weighted by Crippen LogP contribution is -2.22. The smallest absolute Gasteiger partial charge is 0.259 e. The van der Waals surface area contributed by atoms with Gasteiger partial charge < -0.3 is 4.57 Å². The summed E-state index contributed by atoms with van der Waals surface area (Å²) in [6.07, 6.45) is 1.88. The van der Waals surface area contributed by atoms with E-state index in [2.05, 4.69) is 19.6 Å². The number of hydrogen-bond acceptors (Lipinski definition) is 3. The van der Waals surface area contributed by atoms with E-state index in [1.807, 2.05) is 23.7 Å². The molecule has 0 saturated heterocycles. The molecule has 0 N–H and O–H groups in total. The normalized spacial score (nSPS) is 13.2. The number of hydrogen-bond donors (Lipinski definition) is 1. The Morgan fingerprint density at radius 3 is 3.07 bits per heavy atom. The first-order valence-electron chi connectivity index (χ1n) is 4.90. The number of fused-ring (bicyclic) bond motifs is 1. The second-order valence-electron chi connectivity index (χ2n) is 3.76. The van der Waals surface area contributed by atoms with E-state index in [1.54, 1.807) is 15.9 Å².